The third kappa shape index (κ3) is 4.14. The third-order valence-corrected chi connectivity index (χ3v) is 5.24. The largest absolute Gasteiger partial charge is 0.612 e. The van der Waals surface area contributed by atoms with E-state index in [2.05, 4.69) is 0 Å². The molecule has 1 aliphatic rings. The van der Waals surface area contributed by atoms with E-state index in [4.69, 9.17) is 5.11 Å². The number of benzene rings is 2. The first-order chi connectivity index (χ1) is 11.9. The topological polar surface area (TPSA) is 60.4 Å². The zero-order valence-electron chi connectivity index (χ0n) is 14.6. The number of carbonyl (C=O) groups is 1. The number of fused-ring (bicyclic) bond motifs is 1. The minimum absolute atomic E-state index is 0. The first-order valence-corrected chi connectivity index (χ1v) is 9.30. The van der Waals surface area contributed by atoms with Crippen molar-refractivity contribution in [2.75, 3.05) is 6.26 Å². The molecule has 0 aliphatic heterocycles. The van der Waals surface area contributed by atoms with Crippen LogP contribution in [0.25, 0.3) is 17.2 Å². The Balaban J connectivity index is 0.00000243. The van der Waals surface area contributed by atoms with Crippen molar-refractivity contribution in [2.45, 2.75) is 18.2 Å². The molecule has 0 bridgehead atoms. The Morgan fingerprint density at radius 1 is 1.19 bits per heavy atom. The summed E-state index contributed by atoms with van der Waals surface area (Å²) >= 11 is -1.04. The molecule has 1 aliphatic carbocycles. The van der Waals surface area contributed by atoms with Crippen LogP contribution in [0.5, 0.6) is 0 Å². The van der Waals surface area contributed by atoms with E-state index in [0.717, 1.165) is 27.2 Å². The van der Waals surface area contributed by atoms with Gasteiger partial charge >= 0.3 is 5.97 Å². The molecule has 130 valence electrons. The Bertz CT molecular complexity index is 902. The van der Waals surface area contributed by atoms with Gasteiger partial charge in [0.2, 0.25) is 0 Å². The van der Waals surface area contributed by atoms with Gasteiger partial charge < -0.3 is 9.66 Å². The van der Waals surface area contributed by atoms with Crippen LogP contribution in [-0.2, 0) is 35.4 Å². The molecule has 1 unspecified atom stereocenters. The standard InChI is InChI=1S/C20H17FO3S.Zn/c1-12-17(9-13-3-6-15(7-4-13)25(2)24)16-8-5-14(21)10-19(16)18(12)11-20(22)23;/h3-10H,11H2,1-2H3,(H,22,23);/b17-9-;. The average Bonchev–Trinajstić information content (AvgIpc) is 2.80. The van der Waals surface area contributed by atoms with Crippen molar-refractivity contribution in [3.63, 3.8) is 0 Å². The molecular weight excluding hydrogens is 405 g/mol. The molecular formula is C20H17FO3SZn. The van der Waals surface area contributed by atoms with Gasteiger partial charge in [-0.3, -0.25) is 4.79 Å². The second kappa shape index (κ2) is 8.30. The summed E-state index contributed by atoms with van der Waals surface area (Å²) in [7, 11) is 0. The maximum Gasteiger partial charge on any atom is 0.307 e. The van der Waals surface area contributed by atoms with Gasteiger partial charge in [-0.1, -0.05) is 6.07 Å². The molecule has 0 amide bonds. The van der Waals surface area contributed by atoms with Crippen LogP contribution in [0.2, 0.25) is 0 Å². The molecule has 0 spiro atoms. The predicted octanol–water partition coefficient (Wildman–Crippen LogP) is 4.36. The van der Waals surface area contributed by atoms with E-state index in [-0.39, 0.29) is 31.7 Å². The van der Waals surface area contributed by atoms with E-state index >= 15 is 0 Å². The average molecular weight is 422 g/mol. The van der Waals surface area contributed by atoms with Gasteiger partial charge in [0.25, 0.3) is 0 Å². The summed E-state index contributed by atoms with van der Waals surface area (Å²) in [6.07, 6.45) is 3.43. The van der Waals surface area contributed by atoms with Crippen molar-refractivity contribution in [3.8, 4) is 0 Å². The van der Waals surface area contributed by atoms with Crippen molar-refractivity contribution in [1.29, 1.82) is 0 Å². The molecule has 1 atom stereocenters. The Morgan fingerprint density at radius 3 is 2.42 bits per heavy atom. The first kappa shape index (κ1) is 20.6. The zero-order chi connectivity index (χ0) is 18.1. The number of aliphatic carboxylic acids is 1. The summed E-state index contributed by atoms with van der Waals surface area (Å²) in [6, 6.07) is 11.8. The number of rotatable bonds is 4. The van der Waals surface area contributed by atoms with Gasteiger partial charge in [0, 0.05) is 19.5 Å². The summed E-state index contributed by atoms with van der Waals surface area (Å²) in [5.74, 6) is -1.33. The maximum atomic E-state index is 13.7. The summed E-state index contributed by atoms with van der Waals surface area (Å²) < 4.78 is 25.1. The van der Waals surface area contributed by atoms with Crippen LogP contribution < -0.4 is 0 Å². The second-order valence-corrected chi connectivity index (χ2v) is 7.32. The van der Waals surface area contributed by atoms with Gasteiger partial charge in [-0.15, -0.1) is 0 Å². The molecule has 0 saturated heterocycles. The van der Waals surface area contributed by atoms with E-state index in [1.165, 1.54) is 12.1 Å². The van der Waals surface area contributed by atoms with Crippen LogP contribution in [0.3, 0.4) is 0 Å². The molecule has 0 saturated carbocycles. The Morgan fingerprint density at radius 2 is 1.85 bits per heavy atom. The normalized spacial score (nSPS) is 15.6. The Hall–Kier alpha value is -1.75. The van der Waals surface area contributed by atoms with Gasteiger partial charge in [-0.2, -0.15) is 0 Å². The van der Waals surface area contributed by atoms with Crippen molar-refractivity contribution in [2.24, 2.45) is 0 Å². The van der Waals surface area contributed by atoms with E-state index < -0.39 is 17.1 Å². The van der Waals surface area contributed by atoms with Crippen molar-refractivity contribution < 1.29 is 38.3 Å². The van der Waals surface area contributed by atoms with Crippen LogP contribution in [0.1, 0.15) is 30.0 Å². The number of carboxylic acid groups (broad SMARTS) is 1. The predicted molar refractivity (Wildman–Crippen MR) is 97.9 cm³/mol. The molecule has 0 heterocycles. The van der Waals surface area contributed by atoms with Crippen molar-refractivity contribution in [3.05, 3.63) is 70.5 Å². The molecule has 2 aromatic rings. The van der Waals surface area contributed by atoms with E-state index in [1.807, 2.05) is 25.1 Å². The molecule has 3 rings (SSSR count). The molecule has 1 N–H and O–H groups in total. The molecule has 0 radical (unpaired) electrons. The number of carboxylic acids is 1. The van der Waals surface area contributed by atoms with Crippen LogP contribution in [0, 0.1) is 5.82 Å². The fourth-order valence-corrected chi connectivity index (χ4v) is 3.57. The number of hydrogen-bond acceptors (Lipinski definition) is 2. The van der Waals surface area contributed by atoms with Crippen LogP contribution in [-0.4, -0.2) is 21.9 Å². The molecule has 26 heavy (non-hydrogen) atoms. The Kier molecular flexibility index (Phi) is 6.56. The quantitative estimate of drug-likeness (QED) is 0.589. The van der Waals surface area contributed by atoms with Gasteiger partial charge in [-0.05, 0) is 94.0 Å². The van der Waals surface area contributed by atoms with Crippen molar-refractivity contribution in [1.82, 2.24) is 0 Å². The minimum Gasteiger partial charge on any atom is -0.612 e. The molecule has 3 nitrogen and oxygen atoms in total. The molecule has 0 fully saturated rings. The second-order valence-electron chi connectivity index (χ2n) is 5.95. The summed E-state index contributed by atoms with van der Waals surface area (Å²) in [4.78, 5) is 11.9. The van der Waals surface area contributed by atoms with Crippen LogP contribution >= 0.6 is 0 Å². The molecule has 0 aromatic heterocycles. The van der Waals surface area contributed by atoms with Crippen LogP contribution in [0.4, 0.5) is 4.39 Å². The fourth-order valence-electron chi connectivity index (χ4n) is 3.05. The van der Waals surface area contributed by atoms with Gasteiger partial charge in [-0.25, -0.2) is 4.39 Å². The van der Waals surface area contributed by atoms with Gasteiger partial charge in [0.05, 0.1) is 6.42 Å². The zero-order valence-corrected chi connectivity index (χ0v) is 18.4. The SMILES string of the molecule is CC1=C(CC(=O)O)c2cc(F)ccc2/C1=C\c1ccc([S+](C)[O-])cc1.[Zn]. The first-order valence-electron chi connectivity index (χ1n) is 7.74. The maximum absolute atomic E-state index is 13.7. The third-order valence-electron chi connectivity index (χ3n) is 4.30. The number of halogens is 1. The number of hydrogen-bond donors (Lipinski definition) is 1. The summed E-state index contributed by atoms with van der Waals surface area (Å²) in [6.45, 7) is 1.86. The van der Waals surface area contributed by atoms with E-state index in [1.54, 1.807) is 24.5 Å². The van der Waals surface area contributed by atoms with Crippen LogP contribution in [0.15, 0.2) is 52.9 Å². The van der Waals surface area contributed by atoms with E-state index in [9.17, 15) is 13.7 Å². The van der Waals surface area contributed by atoms with E-state index in [0.29, 0.717) is 11.1 Å². The van der Waals surface area contributed by atoms with Crippen molar-refractivity contribution >= 4 is 34.4 Å². The monoisotopic (exact) mass is 420 g/mol. The molecule has 6 heteroatoms. The smallest absolute Gasteiger partial charge is 0.307 e. The molecule has 2 aromatic carbocycles. The minimum atomic E-state index is -1.04. The van der Waals surface area contributed by atoms with Gasteiger partial charge in [0.15, 0.2) is 4.90 Å². The Labute approximate surface area is 167 Å². The fraction of sp³-hybridized carbons (Fsp3) is 0.150. The summed E-state index contributed by atoms with van der Waals surface area (Å²) in [5, 5.41) is 9.17. The summed E-state index contributed by atoms with van der Waals surface area (Å²) in [5.41, 5.74) is 4.74. The van der Waals surface area contributed by atoms with Gasteiger partial charge in [0.1, 0.15) is 12.1 Å². The number of allylic oxidation sites excluding steroid dienone is 2.